The molecule has 0 bridgehead atoms. The van der Waals surface area contributed by atoms with Crippen molar-refractivity contribution in [3.8, 4) is 17.2 Å². The maximum absolute atomic E-state index is 5.83. The molecule has 0 N–H and O–H groups in total. The van der Waals surface area contributed by atoms with E-state index in [4.69, 9.17) is 33.7 Å². The number of epoxide rings is 2. The molecule has 2 aliphatic heterocycles. The van der Waals surface area contributed by atoms with Crippen molar-refractivity contribution in [1.29, 1.82) is 0 Å². The van der Waals surface area contributed by atoms with E-state index in [2.05, 4.69) is 50.2 Å². The number of nitrogens with zero attached hydrogens (tertiary/aromatic N) is 2. The molecule has 2 atom stereocenters. The van der Waals surface area contributed by atoms with Gasteiger partial charge in [-0.3, -0.25) is 9.98 Å². The van der Waals surface area contributed by atoms with Crippen LogP contribution < -0.4 is 14.2 Å². The monoisotopic (exact) mass is 604 g/mol. The van der Waals surface area contributed by atoms with Gasteiger partial charge in [0.25, 0.3) is 0 Å². The molecule has 0 amide bonds. The predicted octanol–water partition coefficient (Wildman–Crippen LogP) is 7.47. The van der Waals surface area contributed by atoms with Gasteiger partial charge in [-0.15, -0.1) is 0 Å². The predicted molar refractivity (Wildman–Crippen MR) is 179 cm³/mol. The standard InChI is InChI=1S/C38H40N2O5/c1-4-30-16-26(9-12-35(30)39-20-28-7-6-8-32(18-28)42-22-33-23-43-33)15-27-10-13-36(31(5-2)17-27)40-21-29-11-14-37(38(19-29)41-3)45-25-34-24-44-34/h6-14,16-21,33-34H,4-5,15,22-25H2,1-3H3/b39-20+,40-21+. The lowest BCUT2D eigenvalue weighted by Gasteiger charge is -2.11. The fourth-order valence-electron chi connectivity index (χ4n) is 5.11. The number of benzene rings is 4. The van der Waals surface area contributed by atoms with Crippen LogP contribution >= 0.6 is 0 Å². The molecule has 2 aliphatic rings. The number of ether oxygens (including phenoxy) is 5. The maximum Gasteiger partial charge on any atom is 0.161 e. The Hall–Kier alpha value is -4.46. The highest BCUT2D eigenvalue weighted by Crippen LogP contribution is 2.30. The lowest BCUT2D eigenvalue weighted by Crippen LogP contribution is -2.05. The second-order valence-electron chi connectivity index (χ2n) is 11.3. The Morgan fingerprint density at radius 1 is 0.689 bits per heavy atom. The summed E-state index contributed by atoms with van der Waals surface area (Å²) in [4.78, 5) is 9.65. The van der Waals surface area contributed by atoms with Crippen LogP contribution in [0.4, 0.5) is 11.4 Å². The Balaban J connectivity index is 1.11. The smallest absolute Gasteiger partial charge is 0.161 e. The van der Waals surface area contributed by atoms with Crippen molar-refractivity contribution in [2.45, 2.75) is 45.3 Å². The molecule has 0 spiro atoms. The third kappa shape index (κ3) is 8.59. The van der Waals surface area contributed by atoms with E-state index in [1.807, 2.05) is 54.9 Å². The van der Waals surface area contributed by atoms with Crippen LogP contribution in [-0.2, 0) is 28.7 Å². The van der Waals surface area contributed by atoms with E-state index in [9.17, 15) is 0 Å². The highest BCUT2D eigenvalue weighted by molar-refractivity contribution is 5.84. The minimum atomic E-state index is 0.196. The highest BCUT2D eigenvalue weighted by atomic mass is 16.6. The SMILES string of the molecule is CCc1cc(Cc2ccc(/N=C/c3ccc(OCC4CO4)c(OC)c3)c(CC)c2)ccc1/N=C/c1cccc(OCC2CO2)c1. The Kier molecular flexibility index (Phi) is 9.88. The van der Waals surface area contributed by atoms with Crippen LogP contribution in [-0.4, -0.2) is 58.2 Å². The summed E-state index contributed by atoms with van der Waals surface area (Å²) in [6.45, 7) is 7.02. The van der Waals surface area contributed by atoms with E-state index in [1.54, 1.807) is 7.11 Å². The van der Waals surface area contributed by atoms with E-state index in [0.717, 1.165) is 60.7 Å². The summed E-state index contributed by atoms with van der Waals surface area (Å²) in [6, 6.07) is 27.0. The molecule has 2 fully saturated rings. The summed E-state index contributed by atoms with van der Waals surface area (Å²) < 4.78 is 27.7. The van der Waals surface area contributed by atoms with Gasteiger partial charge in [0.05, 0.1) is 31.7 Å². The first-order chi connectivity index (χ1) is 22.1. The second-order valence-corrected chi connectivity index (χ2v) is 11.3. The Morgan fingerprint density at radius 3 is 1.87 bits per heavy atom. The van der Waals surface area contributed by atoms with Gasteiger partial charge in [0.2, 0.25) is 0 Å². The molecular formula is C38H40N2O5. The van der Waals surface area contributed by atoms with Crippen molar-refractivity contribution in [3.63, 3.8) is 0 Å². The Morgan fingerprint density at radius 2 is 1.29 bits per heavy atom. The molecule has 4 aromatic rings. The minimum absolute atomic E-state index is 0.196. The number of rotatable bonds is 15. The van der Waals surface area contributed by atoms with Crippen molar-refractivity contribution in [2.24, 2.45) is 9.98 Å². The van der Waals surface area contributed by atoms with Crippen LogP contribution in [0.1, 0.15) is 47.2 Å². The van der Waals surface area contributed by atoms with Crippen LogP contribution in [0.5, 0.6) is 17.2 Å². The molecule has 7 nitrogen and oxygen atoms in total. The van der Waals surface area contributed by atoms with Crippen LogP contribution in [0.25, 0.3) is 0 Å². The fraction of sp³-hybridized carbons (Fsp3) is 0.316. The molecule has 0 saturated carbocycles. The average Bonchev–Trinajstić information content (AvgIpc) is 4.01. The van der Waals surface area contributed by atoms with Gasteiger partial charge >= 0.3 is 0 Å². The molecule has 6 rings (SSSR count). The van der Waals surface area contributed by atoms with E-state index < -0.39 is 0 Å². The topological polar surface area (TPSA) is 77.5 Å². The summed E-state index contributed by atoms with van der Waals surface area (Å²) in [5, 5.41) is 0. The molecule has 7 heteroatoms. The fourth-order valence-corrected chi connectivity index (χ4v) is 5.11. The summed E-state index contributed by atoms with van der Waals surface area (Å²) in [6.07, 6.45) is 6.87. The first kappa shape index (κ1) is 30.6. The largest absolute Gasteiger partial charge is 0.493 e. The van der Waals surface area contributed by atoms with E-state index in [-0.39, 0.29) is 12.2 Å². The van der Waals surface area contributed by atoms with Gasteiger partial charge < -0.3 is 23.7 Å². The number of methoxy groups -OCH3 is 1. The van der Waals surface area contributed by atoms with E-state index >= 15 is 0 Å². The molecule has 232 valence electrons. The molecule has 45 heavy (non-hydrogen) atoms. The summed E-state index contributed by atoms with van der Waals surface area (Å²) in [5.41, 5.74) is 8.90. The molecule has 2 saturated heterocycles. The van der Waals surface area contributed by atoms with Crippen molar-refractivity contribution < 1.29 is 23.7 Å². The number of hydrogen-bond donors (Lipinski definition) is 0. The Labute approximate surface area is 265 Å². The Bertz CT molecular complexity index is 1670. The number of aryl methyl sites for hydroxylation is 2. The maximum atomic E-state index is 5.83. The third-order valence-corrected chi connectivity index (χ3v) is 7.87. The van der Waals surface area contributed by atoms with E-state index in [1.165, 1.54) is 22.3 Å². The molecule has 4 aromatic carbocycles. The molecule has 0 radical (unpaired) electrons. The zero-order valence-corrected chi connectivity index (χ0v) is 26.2. The van der Waals surface area contributed by atoms with Crippen molar-refractivity contribution in [2.75, 3.05) is 33.5 Å². The van der Waals surface area contributed by atoms with Crippen molar-refractivity contribution in [3.05, 3.63) is 112 Å². The molecule has 2 unspecified atom stereocenters. The summed E-state index contributed by atoms with van der Waals surface area (Å²) in [5.74, 6) is 2.24. The van der Waals surface area contributed by atoms with Gasteiger partial charge in [-0.25, -0.2) is 0 Å². The molecule has 0 aromatic heterocycles. The minimum Gasteiger partial charge on any atom is -0.493 e. The van der Waals surface area contributed by atoms with Gasteiger partial charge in [0.15, 0.2) is 11.5 Å². The van der Waals surface area contributed by atoms with Gasteiger partial charge in [0.1, 0.15) is 31.2 Å². The highest BCUT2D eigenvalue weighted by Gasteiger charge is 2.24. The van der Waals surface area contributed by atoms with E-state index in [0.29, 0.717) is 24.7 Å². The lowest BCUT2D eigenvalue weighted by atomic mass is 9.98. The number of aliphatic imine (C=N–C) groups is 2. The van der Waals surface area contributed by atoms with Gasteiger partial charge in [-0.1, -0.05) is 50.2 Å². The second kappa shape index (κ2) is 14.5. The molecule has 2 heterocycles. The summed E-state index contributed by atoms with van der Waals surface area (Å²) >= 11 is 0. The first-order valence-electron chi connectivity index (χ1n) is 15.7. The van der Waals surface area contributed by atoms with Gasteiger partial charge in [-0.2, -0.15) is 0 Å². The van der Waals surface area contributed by atoms with Crippen LogP contribution in [0, 0.1) is 0 Å². The number of hydrogen-bond acceptors (Lipinski definition) is 7. The molecule has 0 aliphatic carbocycles. The quantitative estimate of drug-likeness (QED) is 0.104. The van der Waals surface area contributed by atoms with Crippen molar-refractivity contribution in [1.82, 2.24) is 0 Å². The van der Waals surface area contributed by atoms with Crippen LogP contribution in [0.2, 0.25) is 0 Å². The van der Waals surface area contributed by atoms with Crippen molar-refractivity contribution >= 4 is 23.8 Å². The van der Waals surface area contributed by atoms with Gasteiger partial charge in [-0.05, 0) is 95.1 Å². The lowest BCUT2D eigenvalue weighted by molar-refractivity contribution is 0.252. The van der Waals surface area contributed by atoms with Gasteiger partial charge in [0, 0.05) is 12.4 Å². The van der Waals surface area contributed by atoms with Crippen LogP contribution in [0.15, 0.2) is 88.8 Å². The van der Waals surface area contributed by atoms with Crippen LogP contribution in [0.3, 0.4) is 0 Å². The zero-order chi connectivity index (χ0) is 31.0. The third-order valence-electron chi connectivity index (χ3n) is 7.87. The zero-order valence-electron chi connectivity index (χ0n) is 26.2. The average molecular weight is 605 g/mol. The normalized spacial score (nSPS) is 17.1. The summed E-state index contributed by atoms with van der Waals surface area (Å²) in [7, 11) is 1.65. The first-order valence-corrected chi connectivity index (χ1v) is 15.7. The molecular weight excluding hydrogens is 564 g/mol.